The number of aliphatic carboxylic acids is 1. The van der Waals surface area contributed by atoms with Gasteiger partial charge >= 0.3 is 11.9 Å². The van der Waals surface area contributed by atoms with Crippen LogP contribution in [0.25, 0.3) is 0 Å². The number of aromatic carboxylic acids is 1. The van der Waals surface area contributed by atoms with Crippen LogP contribution in [0.2, 0.25) is 0 Å². The zero-order valence-electron chi connectivity index (χ0n) is 21.3. The number of alkyl halides is 2. The molecule has 39 heavy (non-hydrogen) atoms. The number of aliphatic hydroxyl groups is 1. The van der Waals surface area contributed by atoms with Crippen molar-refractivity contribution in [2.75, 3.05) is 5.32 Å². The summed E-state index contributed by atoms with van der Waals surface area (Å²) in [6.45, 7) is 3.55. The molecule has 0 bridgehead atoms. The molecule has 0 saturated carbocycles. The fraction of sp³-hybridized carbons (Fsp3) is 0.462. The minimum Gasteiger partial charge on any atom is -0.479 e. The quantitative estimate of drug-likeness (QED) is 0.215. The molecular formula is C26H31F2N3O7S. The second kappa shape index (κ2) is 12.5. The fourth-order valence-corrected chi connectivity index (χ4v) is 5.41. The first-order chi connectivity index (χ1) is 18.3. The van der Waals surface area contributed by atoms with Crippen molar-refractivity contribution in [2.24, 2.45) is 5.92 Å². The third kappa shape index (κ3) is 7.30. The molecule has 4 atom stereocenters. The van der Waals surface area contributed by atoms with E-state index in [1.54, 1.807) is 43.5 Å². The van der Waals surface area contributed by atoms with Gasteiger partial charge in [0.15, 0.2) is 6.10 Å². The van der Waals surface area contributed by atoms with Gasteiger partial charge in [-0.2, -0.15) is 0 Å². The molecule has 0 spiro atoms. The number of nitrogens with one attached hydrogen (secondary N) is 3. The molecule has 6 N–H and O–H groups in total. The van der Waals surface area contributed by atoms with Crippen molar-refractivity contribution in [1.82, 2.24) is 10.6 Å². The number of aliphatic hydroxyl groups excluding tert-OH is 1. The Morgan fingerprint density at radius 1 is 1.08 bits per heavy atom. The van der Waals surface area contributed by atoms with Crippen LogP contribution in [0.3, 0.4) is 0 Å². The number of anilines is 1. The van der Waals surface area contributed by atoms with Crippen molar-refractivity contribution in [2.45, 2.75) is 69.7 Å². The summed E-state index contributed by atoms with van der Waals surface area (Å²) >= 11 is 1.02. The molecule has 10 nitrogen and oxygen atoms in total. The number of fused-ring (bicyclic) bond motifs is 1. The molecule has 1 aromatic carbocycles. The Bertz CT molecular complexity index is 1190. The van der Waals surface area contributed by atoms with Crippen molar-refractivity contribution in [3.05, 3.63) is 51.7 Å². The van der Waals surface area contributed by atoms with Gasteiger partial charge in [-0.25, -0.2) is 18.4 Å². The predicted molar refractivity (Wildman–Crippen MR) is 139 cm³/mol. The molecule has 2 heterocycles. The standard InChI is InChI=1S/C26H31F2N3O7S/c1-13(2)9-18(22(33)29-17(10-19(27)28)20(32)23(34)35)30-25(38)26(11-14-5-3-4-6-16(14)31-26)12-15-7-8-39-21(15)24(36)37/h3-8,13,17-20,31-32H,9-12H2,1-2H3,(H,29,33)(H,30,38)(H,34,35)(H,36,37)/t17-,18?,20-,26+/m1/s1. The van der Waals surface area contributed by atoms with Crippen molar-refractivity contribution >= 4 is 40.8 Å². The van der Waals surface area contributed by atoms with Gasteiger partial charge in [0.05, 0.1) is 6.04 Å². The summed E-state index contributed by atoms with van der Waals surface area (Å²) in [4.78, 5) is 50.1. The number of carboxylic acids is 2. The van der Waals surface area contributed by atoms with E-state index < -0.39 is 60.3 Å². The summed E-state index contributed by atoms with van der Waals surface area (Å²) < 4.78 is 26.1. The van der Waals surface area contributed by atoms with Gasteiger partial charge in [-0.05, 0) is 41.0 Å². The number of carbonyl (C=O) groups is 4. The first-order valence-corrected chi connectivity index (χ1v) is 13.2. The molecular weight excluding hydrogens is 536 g/mol. The maximum atomic E-state index is 13.9. The first kappa shape index (κ1) is 30.0. The lowest BCUT2D eigenvalue weighted by Gasteiger charge is -2.32. The maximum Gasteiger partial charge on any atom is 0.346 e. The molecule has 2 aromatic rings. The van der Waals surface area contributed by atoms with E-state index in [9.17, 15) is 38.2 Å². The Balaban J connectivity index is 1.90. The first-order valence-electron chi connectivity index (χ1n) is 12.3. The highest BCUT2D eigenvalue weighted by Gasteiger charge is 2.46. The van der Waals surface area contributed by atoms with Gasteiger partial charge in [0.1, 0.15) is 16.5 Å². The van der Waals surface area contributed by atoms with Crippen molar-refractivity contribution in [3.8, 4) is 0 Å². The fourth-order valence-electron chi connectivity index (χ4n) is 4.65. The molecule has 0 aliphatic carbocycles. The highest BCUT2D eigenvalue weighted by atomic mass is 32.1. The maximum absolute atomic E-state index is 13.9. The number of hydrogen-bond donors (Lipinski definition) is 6. The Hall–Kier alpha value is -3.58. The van der Waals surface area contributed by atoms with E-state index in [2.05, 4.69) is 16.0 Å². The van der Waals surface area contributed by atoms with Gasteiger partial charge in [-0.3, -0.25) is 9.59 Å². The molecule has 1 aliphatic rings. The van der Waals surface area contributed by atoms with Crippen LogP contribution in [0, 0.1) is 5.92 Å². The van der Waals surface area contributed by atoms with Gasteiger partial charge in [-0.15, -0.1) is 11.3 Å². The van der Waals surface area contributed by atoms with Crippen LogP contribution in [0.4, 0.5) is 14.5 Å². The number of benzene rings is 1. The number of hydrogen-bond acceptors (Lipinski definition) is 7. The van der Waals surface area contributed by atoms with Crippen LogP contribution in [-0.2, 0) is 27.2 Å². The van der Waals surface area contributed by atoms with Gasteiger partial charge in [0, 0.05) is 24.9 Å². The molecule has 3 rings (SSSR count). The second-order valence-corrected chi connectivity index (χ2v) is 10.9. The molecule has 1 aromatic heterocycles. The molecule has 2 amide bonds. The van der Waals surface area contributed by atoms with Gasteiger partial charge in [-0.1, -0.05) is 32.0 Å². The second-order valence-electron chi connectivity index (χ2n) is 9.98. The summed E-state index contributed by atoms with van der Waals surface area (Å²) in [6, 6.07) is 5.76. The zero-order valence-corrected chi connectivity index (χ0v) is 22.1. The number of rotatable bonds is 13. The summed E-state index contributed by atoms with van der Waals surface area (Å²) in [5.74, 6) is -4.59. The average Bonchev–Trinajstić information content (AvgIpc) is 3.47. The van der Waals surface area contributed by atoms with E-state index in [-0.39, 0.29) is 30.1 Å². The van der Waals surface area contributed by atoms with E-state index in [4.69, 9.17) is 5.11 Å². The van der Waals surface area contributed by atoms with Gasteiger partial charge in [0.25, 0.3) is 0 Å². The minimum absolute atomic E-state index is 0.0135. The van der Waals surface area contributed by atoms with Gasteiger partial charge in [0.2, 0.25) is 18.2 Å². The highest BCUT2D eigenvalue weighted by Crippen LogP contribution is 2.36. The SMILES string of the molecule is CC(C)CC(NC(=O)[C@@]1(Cc2ccsc2C(=O)O)Cc2ccccc2N1)C(=O)N[C@H](CC(F)F)[C@@H](O)C(=O)O. The number of amides is 2. The zero-order chi connectivity index (χ0) is 28.9. The Kier molecular flexibility index (Phi) is 9.62. The lowest BCUT2D eigenvalue weighted by Crippen LogP contribution is -2.60. The molecule has 13 heteroatoms. The van der Waals surface area contributed by atoms with Crippen LogP contribution >= 0.6 is 11.3 Å². The van der Waals surface area contributed by atoms with Gasteiger partial charge < -0.3 is 31.3 Å². The number of para-hydroxylation sites is 1. The monoisotopic (exact) mass is 567 g/mol. The lowest BCUT2D eigenvalue weighted by atomic mass is 9.86. The third-order valence-corrected chi connectivity index (χ3v) is 7.42. The molecule has 0 fully saturated rings. The van der Waals surface area contributed by atoms with Crippen LogP contribution in [0.15, 0.2) is 35.7 Å². The minimum atomic E-state index is -3.00. The number of carbonyl (C=O) groups excluding carboxylic acids is 2. The summed E-state index contributed by atoms with van der Waals surface area (Å²) in [5.41, 5.74) is 0.541. The number of carboxylic acid groups (broad SMARTS) is 2. The van der Waals surface area contributed by atoms with Crippen LogP contribution in [0.5, 0.6) is 0 Å². The summed E-state index contributed by atoms with van der Waals surface area (Å²) in [6.07, 6.45) is -6.11. The van der Waals surface area contributed by atoms with E-state index in [0.717, 1.165) is 16.9 Å². The normalized spacial score (nSPS) is 18.6. The summed E-state index contributed by atoms with van der Waals surface area (Å²) in [5, 5.41) is 38.2. The van der Waals surface area contributed by atoms with Crippen LogP contribution in [-0.4, -0.2) is 69.2 Å². The molecule has 1 aliphatic heterocycles. The lowest BCUT2D eigenvalue weighted by molar-refractivity contribution is -0.149. The largest absolute Gasteiger partial charge is 0.479 e. The predicted octanol–water partition coefficient (Wildman–Crippen LogP) is 2.51. The topological polar surface area (TPSA) is 165 Å². The number of thiophene rings is 1. The van der Waals surface area contributed by atoms with Crippen molar-refractivity contribution in [1.29, 1.82) is 0 Å². The Morgan fingerprint density at radius 2 is 1.77 bits per heavy atom. The molecule has 0 saturated heterocycles. The average molecular weight is 568 g/mol. The van der Waals surface area contributed by atoms with E-state index in [0.29, 0.717) is 11.3 Å². The Labute approximate surface area is 227 Å². The Morgan fingerprint density at radius 3 is 2.36 bits per heavy atom. The molecule has 0 radical (unpaired) electrons. The summed E-state index contributed by atoms with van der Waals surface area (Å²) in [7, 11) is 0. The van der Waals surface area contributed by atoms with Crippen molar-refractivity contribution in [3.63, 3.8) is 0 Å². The van der Waals surface area contributed by atoms with Crippen LogP contribution < -0.4 is 16.0 Å². The smallest absolute Gasteiger partial charge is 0.346 e. The van der Waals surface area contributed by atoms with E-state index >= 15 is 0 Å². The number of halogens is 2. The van der Waals surface area contributed by atoms with Crippen LogP contribution in [0.1, 0.15) is 47.5 Å². The highest BCUT2D eigenvalue weighted by molar-refractivity contribution is 7.12. The third-order valence-electron chi connectivity index (χ3n) is 6.47. The van der Waals surface area contributed by atoms with E-state index in [1.165, 1.54) is 0 Å². The molecule has 1 unspecified atom stereocenters. The molecule has 212 valence electrons. The van der Waals surface area contributed by atoms with Crippen molar-refractivity contribution < 1.29 is 43.3 Å². The van der Waals surface area contributed by atoms with E-state index in [1.807, 2.05) is 6.07 Å².